The van der Waals surface area contributed by atoms with Gasteiger partial charge in [-0.25, -0.2) is 17.2 Å². The Kier molecular flexibility index (Phi) is 5.29. The number of carbonyl (C=O) groups excluding carboxylic acids is 1. The van der Waals surface area contributed by atoms with Crippen molar-refractivity contribution in [2.24, 2.45) is 5.92 Å². The molecule has 2 aromatic rings. The average molecular weight is 399 g/mol. The van der Waals surface area contributed by atoms with E-state index >= 15 is 0 Å². The summed E-state index contributed by atoms with van der Waals surface area (Å²) in [4.78, 5) is 12.5. The van der Waals surface area contributed by atoms with Gasteiger partial charge in [-0.2, -0.15) is 4.31 Å². The summed E-state index contributed by atoms with van der Waals surface area (Å²) in [7, 11) is -3.86. The molecule has 1 amide bonds. The highest BCUT2D eigenvalue weighted by molar-refractivity contribution is 7.89. The highest BCUT2D eigenvalue weighted by Crippen LogP contribution is 2.28. The van der Waals surface area contributed by atoms with Crippen LogP contribution in [0.2, 0.25) is 0 Å². The van der Waals surface area contributed by atoms with Crippen molar-refractivity contribution in [2.45, 2.75) is 31.6 Å². The lowest BCUT2D eigenvalue weighted by Gasteiger charge is -2.31. The third kappa shape index (κ3) is 3.86. The molecule has 2 heterocycles. The number of nitrogens with one attached hydrogen (secondary N) is 1. The molecule has 1 atom stereocenters. The number of halogens is 2. The SMILES string of the molecule is Cc1noc(C)c1S(=O)(=O)N1CCCC(C(=O)Nc2ccc(F)cc2F)C1. The maximum atomic E-state index is 13.7. The van der Waals surface area contributed by atoms with Crippen LogP contribution in [0, 0.1) is 31.4 Å². The number of amides is 1. The number of piperidine rings is 1. The second-order valence-corrected chi connectivity index (χ2v) is 8.34. The number of benzene rings is 1. The van der Waals surface area contributed by atoms with Gasteiger partial charge in [0.25, 0.3) is 0 Å². The van der Waals surface area contributed by atoms with E-state index < -0.39 is 33.5 Å². The van der Waals surface area contributed by atoms with Gasteiger partial charge in [0.1, 0.15) is 22.2 Å². The minimum atomic E-state index is -3.86. The van der Waals surface area contributed by atoms with Gasteiger partial charge in [0.2, 0.25) is 15.9 Å². The second-order valence-electron chi connectivity index (χ2n) is 6.47. The molecule has 3 rings (SSSR count). The molecule has 10 heteroatoms. The molecule has 0 spiro atoms. The lowest BCUT2D eigenvalue weighted by Crippen LogP contribution is -2.44. The zero-order chi connectivity index (χ0) is 19.8. The fourth-order valence-electron chi connectivity index (χ4n) is 3.17. The summed E-state index contributed by atoms with van der Waals surface area (Å²) in [6, 6.07) is 2.84. The number of aromatic nitrogens is 1. The van der Waals surface area contributed by atoms with Crippen LogP contribution >= 0.6 is 0 Å². The third-order valence-corrected chi connectivity index (χ3v) is 6.62. The lowest BCUT2D eigenvalue weighted by molar-refractivity contribution is -0.120. The summed E-state index contributed by atoms with van der Waals surface area (Å²) in [6.45, 7) is 3.27. The molecule has 1 saturated heterocycles. The van der Waals surface area contributed by atoms with Crippen molar-refractivity contribution in [3.8, 4) is 0 Å². The van der Waals surface area contributed by atoms with E-state index in [4.69, 9.17) is 4.52 Å². The van der Waals surface area contributed by atoms with E-state index in [2.05, 4.69) is 10.5 Å². The average Bonchev–Trinajstić information content (AvgIpc) is 2.96. The van der Waals surface area contributed by atoms with Crippen LogP contribution in [0.15, 0.2) is 27.6 Å². The first kappa shape index (κ1) is 19.4. The van der Waals surface area contributed by atoms with Gasteiger partial charge in [0.05, 0.1) is 11.6 Å². The molecule has 0 saturated carbocycles. The number of hydrogen-bond acceptors (Lipinski definition) is 5. The number of hydrogen-bond donors (Lipinski definition) is 1. The summed E-state index contributed by atoms with van der Waals surface area (Å²) in [5.74, 6) is -2.62. The van der Waals surface area contributed by atoms with Crippen molar-refractivity contribution >= 4 is 21.6 Å². The van der Waals surface area contributed by atoms with Crippen LogP contribution in [-0.4, -0.2) is 36.9 Å². The van der Waals surface area contributed by atoms with Crippen molar-refractivity contribution < 1.29 is 26.5 Å². The maximum Gasteiger partial charge on any atom is 0.248 e. The summed E-state index contributed by atoms with van der Waals surface area (Å²) in [5.41, 5.74) is 0.111. The summed E-state index contributed by atoms with van der Waals surface area (Å²) in [5, 5.41) is 6.08. The maximum absolute atomic E-state index is 13.7. The molecule has 146 valence electrons. The number of sulfonamides is 1. The van der Waals surface area contributed by atoms with Crippen LogP contribution in [0.25, 0.3) is 0 Å². The van der Waals surface area contributed by atoms with Gasteiger partial charge in [-0.1, -0.05) is 5.16 Å². The van der Waals surface area contributed by atoms with Gasteiger partial charge in [-0.3, -0.25) is 4.79 Å². The molecule has 0 radical (unpaired) electrons. The standard InChI is InChI=1S/C17H19F2N3O4S/c1-10-16(11(2)26-21-10)27(24,25)22-7-3-4-12(9-22)17(23)20-15-6-5-13(18)8-14(15)19/h5-6,8,12H,3-4,7,9H2,1-2H3,(H,20,23). The van der Waals surface area contributed by atoms with Crippen LogP contribution in [0.1, 0.15) is 24.3 Å². The van der Waals surface area contributed by atoms with Gasteiger partial charge in [-0.15, -0.1) is 0 Å². The molecule has 1 aromatic carbocycles. The van der Waals surface area contributed by atoms with Crippen molar-refractivity contribution in [3.63, 3.8) is 0 Å². The van der Waals surface area contributed by atoms with E-state index in [-0.39, 0.29) is 35.1 Å². The minimum Gasteiger partial charge on any atom is -0.360 e. The topological polar surface area (TPSA) is 92.5 Å². The molecular weight excluding hydrogens is 380 g/mol. The van der Waals surface area contributed by atoms with E-state index in [0.717, 1.165) is 12.1 Å². The summed E-state index contributed by atoms with van der Waals surface area (Å²) in [6.07, 6.45) is 0.939. The Labute approximate surface area is 155 Å². The first-order valence-electron chi connectivity index (χ1n) is 8.39. The number of anilines is 1. The van der Waals surface area contributed by atoms with Crippen LogP contribution < -0.4 is 5.32 Å². The summed E-state index contributed by atoms with van der Waals surface area (Å²) >= 11 is 0. The largest absolute Gasteiger partial charge is 0.360 e. The Morgan fingerprint density at radius 3 is 2.70 bits per heavy atom. The molecule has 1 aliphatic rings. The predicted molar refractivity (Wildman–Crippen MR) is 92.4 cm³/mol. The zero-order valence-electron chi connectivity index (χ0n) is 14.8. The Bertz CT molecular complexity index is 955. The molecule has 1 unspecified atom stereocenters. The quantitative estimate of drug-likeness (QED) is 0.853. The fourth-order valence-corrected chi connectivity index (χ4v) is 4.99. The minimum absolute atomic E-state index is 0.00753. The number of nitrogens with zero attached hydrogens (tertiary/aromatic N) is 2. The predicted octanol–water partition coefficient (Wildman–Crippen LogP) is 2.61. The molecule has 0 aliphatic carbocycles. The fraction of sp³-hybridized carbons (Fsp3) is 0.412. The highest BCUT2D eigenvalue weighted by atomic mass is 32.2. The Morgan fingerprint density at radius 2 is 2.07 bits per heavy atom. The molecular formula is C17H19F2N3O4S. The summed E-state index contributed by atoms with van der Waals surface area (Å²) < 4.78 is 58.7. The van der Waals surface area contributed by atoms with Gasteiger partial charge in [0, 0.05) is 19.2 Å². The van der Waals surface area contributed by atoms with Crippen molar-refractivity contribution in [2.75, 3.05) is 18.4 Å². The number of carbonyl (C=O) groups is 1. The Morgan fingerprint density at radius 1 is 1.33 bits per heavy atom. The Balaban J connectivity index is 1.76. The lowest BCUT2D eigenvalue weighted by atomic mass is 9.98. The van der Waals surface area contributed by atoms with Crippen LogP contribution in [-0.2, 0) is 14.8 Å². The van der Waals surface area contributed by atoms with Gasteiger partial charge < -0.3 is 9.84 Å². The second kappa shape index (κ2) is 7.35. The third-order valence-electron chi connectivity index (χ3n) is 4.51. The normalized spacial score (nSPS) is 18.4. The van der Waals surface area contributed by atoms with Crippen molar-refractivity contribution in [1.82, 2.24) is 9.46 Å². The number of aryl methyl sites for hydroxylation is 2. The zero-order valence-corrected chi connectivity index (χ0v) is 15.6. The highest BCUT2D eigenvalue weighted by Gasteiger charge is 2.36. The van der Waals surface area contributed by atoms with Crippen LogP contribution in [0.5, 0.6) is 0 Å². The van der Waals surface area contributed by atoms with Crippen LogP contribution in [0.3, 0.4) is 0 Å². The van der Waals surface area contributed by atoms with E-state index in [1.807, 2.05) is 0 Å². The van der Waals surface area contributed by atoms with Gasteiger partial charge in [-0.05, 0) is 38.8 Å². The van der Waals surface area contributed by atoms with Crippen molar-refractivity contribution in [3.05, 3.63) is 41.3 Å². The first-order valence-corrected chi connectivity index (χ1v) is 9.83. The molecule has 1 N–H and O–H groups in total. The number of rotatable bonds is 4. The molecule has 1 fully saturated rings. The smallest absolute Gasteiger partial charge is 0.248 e. The molecule has 1 aromatic heterocycles. The van der Waals surface area contributed by atoms with Gasteiger partial charge >= 0.3 is 0 Å². The molecule has 27 heavy (non-hydrogen) atoms. The van der Waals surface area contributed by atoms with E-state index in [1.165, 1.54) is 18.2 Å². The van der Waals surface area contributed by atoms with Crippen LogP contribution in [0.4, 0.5) is 14.5 Å². The Hall–Kier alpha value is -2.33. The molecule has 1 aliphatic heterocycles. The first-order chi connectivity index (χ1) is 12.7. The monoisotopic (exact) mass is 399 g/mol. The molecule has 7 nitrogen and oxygen atoms in total. The van der Waals surface area contributed by atoms with E-state index in [1.54, 1.807) is 0 Å². The molecule has 0 bridgehead atoms. The van der Waals surface area contributed by atoms with E-state index in [0.29, 0.717) is 18.9 Å². The van der Waals surface area contributed by atoms with Gasteiger partial charge in [0.15, 0.2) is 5.76 Å². The van der Waals surface area contributed by atoms with E-state index in [9.17, 15) is 22.0 Å². The van der Waals surface area contributed by atoms with Crippen molar-refractivity contribution in [1.29, 1.82) is 0 Å².